The molecular formula is C33H46Cl2Zr. The summed E-state index contributed by atoms with van der Waals surface area (Å²) in [5, 5.41) is 0. The summed E-state index contributed by atoms with van der Waals surface area (Å²) in [6.07, 6.45) is 15.1. The van der Waals surface area contributed by atoms with Crippen LogP contribution in [0.3, 0.4) is 0 Å². The molecule has 2 aromatic rings. The minimum absolute atomic E-state index is 0. The van der Waals surface area contributed by atoms with Crippen LogP contribution in [0.4, 0.5) is 0 Å². The van der Waals surface area contributed by atoms with Gasteiger partial charge in [-0.1, -0.05) is 71.6 Å². The Labute approximate surface area is 249 Å². The summed E-state index contributed by atoms with van der Waals surface area (Å²) >= 11 is 1.57. The molecule has 4 rings (SSSR count). The molecule has 2 aliphatic rings. The van der Waals surface area contributed by atoms with Gasteiger partial charge in [0.25, 0.3) is 0 Å². The molecule has 0 bridgehead atoms. The summed E-state index contributed by atoms with van der Waals surface area (Å²) in [6.45, 7) is 20.5. The van der Waals surface area contributed by atoms with E-state index in [-0.39, 0.29) is 35.6 Å². The average molecular weight is 605 g/mol. The number of allylic oxidation sites excluding steroid dienone is 4. The van der Waals surface area contributed by atoms with Gasteiger partial charge >= 0.3 is 54.1 Å². The van der Waals surface area contributed by atoms with Gasteiger partial charge in [0.05, 0.1) is 0 Å². The Morgan fingerprint density at radius 3 is 1.94 bits per heavy atom. The first-order valence-electron chi connectivity index (χ1n) is 12.8. The van der Waals surface area contributed by atoms with Crippen LogP contribution in [0.5, 0.6) is 0 Å². The van der Waals surface area contributed by atoms with Gasteiger partial charge in [-0.05, 0) is 35.4 Å². The number of aryl methyl sites for hydroxylation is 2. The van der Waals surface area contributed by atoms with Crippen molar-refractivity contribution in [1.82, 2.24) is 0 Å². The molecule has 0 nitrogen and oxygen atoms in total. The second-order valence-corrected chi connectivity index (χ2v) is 12.6. The number of hydrogen-bond acceptors (Lipinski definition) is 0. The predicted octanol–water partition coefficient (Wildman–Crippen LogP) is 9.94. The van der Waals surface area contributed by atoms with Crippen molar-refractivity contribution in [1.29, 1.82) is 0 Å². The molecule has 0 unspecified atom stereocenters. The van der Waals surface area contributed by atoms with E-state index < -0.39 is 0 Å². The van der Waals surface area contributed by atoms with Gasteiger partial charge in [-0.25, -0.2) is 12.2 Å². The summed E-state index contributed by atoms with van der Waals surface area (Å²) in [4.78, 5) is 0. The number of benzene rings is 2. The smallest absolute Gasteiger partial charge is 0.0129 e. The molecule has 3 heteroatoms. The molecule has 0 amide bonds. The minimum Gasteiger partial charge on any atom is -0.273 e. The van der Waals surface area contributed by atoms with Gasteiger partial charge in [-0.3, -0.25) is 6.08 Å². The van der Waals surface area contributed by atoms with Crippen LogP contribution < -0.4 is 0 Å². The van der Waals surface area contributed by atoms with E-state index >= 15 is 0 Å². The zero-order valence-electron chi connectivity index (χ0n) is 23.9. The van der Waals surface area contributed by atoms with E-state index in [1.807, 2.05) is 12.2 Å². The second-order valence-electron chi connectivity index (χ2n) is 11.6. The topological polar surface area (TPSA) is 0 Å². The van der Waals surface area contributed by atoms with Crippen molar-refractivity contribution in [2.45, 2.75) is 105 Å². The summed E-state index contributed by atoms with van der Waals surface area (Å²) in [6, 6.07) is 10.9. The molecule has 0 spiro atoms. The van der Waals surface area contributed by atoms with Crippen LogP contribution >= 0.6 is 24.8 Å². The van der Waals surface area contributed by atoms with Gasteiger partial charge in [0.1, 0.15) is 0 Å². The maximum atomic E-state index is 3.69. The van der Waals surface area contributed by atoms with Crippen LogP contribution in [0.15, 0.2) is 36.4 Å². The fourth-order valence-corrected chi connectivity index (χ4v) is 5.17. The fourth-order valence-electron chi connectivity index (χ4n) is 4.67. The normalized spacial score (nSPS) is 12.8. The molecular weight excluding hydrogens is 558 g/mol. The van der Waals surface area contributed by atoms with Crippen LogP contribution in [0.2, 0.25) is 0 Å². The molecule has 196 valence electrons. The third-order valence-corrected chi connectivity index (χ3v) is 7.08. The largest absolute Gasteiger partial charge is 0.273 e. The third-order valence-electron chi connectivity index (χ3n) is 6.37. The maximum Gasteiger partial charge on any atom is -0.0129 e. The molecule has 0 saturated carbocycles. The first-order chi connectivity index (χ1) is 15.9. The summed E-state index contributed by atoms with van der Waals surface area (Å²) < 4.78 is 2.30. The van der Waals surface area contributed by atoms with E-state index in [1.54, 1.807) is 24.2 Å². The molecule has 0 radical (unpaired) electrons. The fraction of sp³-hybridized carbons (Fsp3) is 0.485. The minimum atomic E-state index is 0. The number of rotatable bonds is 3. The van der Waals surface area contributed by atoms with Crippen molar-refractivity contribution in [3.63, 3.8) is 0 Å². The Kier molecular flexibility index (Phi) is 15.3. The number of fused-ring (bicyclic) bond motifs is 3. The standard InChI is InChI=1S/C23H29.C5H5.C5H10.2ClH.Zr/c1-14-9-16-11-17-10-15(2)21(23(6,7)8)13-19(17)18(16)12-20(14)22(3,4)5;1-2-4-5-3-1;1-3-5-4-2;;;/h9,12-13H,11H2,1-8H3;1-3H,4H2;1H,3-5H2,2H3;2*1H;/q2*-1;;;;+2. The zero-order chi connectivity index (χ0) is 25.5. The van der Waals surface area contributed by atoms with Crippen molar-refractivity contribution >= 4 is 28.5 Å². The Hall–Kier alpha value is -0.747. The van der Waals surface area contributed by atoms with E-state index in [1.165, 1.54) is 63.8 Å². The Morgan fingerprint density at radius 2 is 1.53 bits per heavy atom. The monoisotopic (exact) mass is 602 g/mol. The van der Waals surface area contributed by atoms with Gasteiger partial charge in [0.2, 0.25) is 0 Å². The van der Waals surface area contributed by atoms with Crippen LogP contribution in [-0.4, -0.2) is 3.71 Å². The maximum absolute atomic E-state index is 3.69. The summed E-state index contributed by atoms with van der Waals surface area (Å²) in [5.41, 5.74) is 11.6. The van der Waals surface area contributed by atoms with Gasteiger partial charge in [0, 0.05) is 0 Å². The van der Waals surface area contributed by atoms with Gasteiger partial charge in [0.15, 0.2) is 0 Å². The number of hydrogen-bond donors (Lipinski definition) is 0. The van der Waals surface area contributed by atoms with E-state index in [9.17, 15) is 0 Å². The number of halogens is 2. The third kappa shape index (κ3) is 9.85. The van der Waals surface area contributed by atoms with Gasteiger partial charge in [-0.2, -0.15) is 23.8 Å². The zero-order valence-corrected chi connectivity index (χ0v) is 28.0. The van der Waals surface area contributed by atoms with Crippen molar-refractivity contribution in [3.05, 3.63) is 82.0 Å². The molecule has 0 fully saturated rings. The molecule has 0 aromatic heterocycles. The Bertz CT molecular complexity index is 969. The van der Waals surface area contributed by atoms with E-state index in [0.717, 1.165) is 12.8 Å². The SMILES string of the molecule is CCCC[CH]=[Zr+2].Cc1[c-]c2c(cc1C(C)(C)C)-c1cc(C(C)(C)C)c(C)cc1C2.Cl.Cl.[C-]1=CC=CC1. The molecule has 0 atom stereocenters. The first-order valence-corrected chi connectivity index (χ1v) is 14.2. The van der Waals surface area contributed by atoms with Gasteiger partial charge in [-0.15, -0.1) is 47.9 Å². The van der Waals surface area contributed by atoms with E-state index in [0.29, 0.717) is 0 Å². The molecule has 2 aromatic carbocycles. The average Bonchev–Trinajstić information content (AvgIpc) is 3.41. The Balaban J connectivity index is 0.000000788. The van der Waals surface area contributed by atoms with Crippen molar-refractivity contribution in [2.24, 2.45) is 0 Å². The first kappa shape index (κ1) is 35.3. The summed E-state index contributed by atoms with van der Waals surface area (Å²) in [5.74, 6) is 0. The van der Waals surface area contributed by atoms with E-state index in [2.05, 4.69) is 102 Å². The van der Waals surface area contributed by atoms with Crippen molar-refractivity contribution in [3.8, 4) is 11.1 Å². The molecule has 0 heterocycles. The number of unbranched alkanes of at least 4 members (excludes halogenated alkanes) is 2. The van der Waals surface area contributed by atoms with Crippen LogP contribution in [0.25, 0.3) is 11.1 Å². The quantitative estimate of drug-likeness (QED) is 0.206. The van der Waals surface area contributed by atoms with Crippen LogP contribution in [0.1, 0.15) is 108 Å². The second kappa shape index (κ2) is 15.6. The van der Waals surface area contributed by atoms with Crippen molar-refractivity contribution in [2.75, 3.05) is 0 Å². The van der Waals surface area contributed by atoms with Crippen LogP contribution in [-0.2, 0) is 41.5 Å². The Morgan fingerprint density at radius 1 is 0.917 bits per heavy atom. The molecule has 2 aliphatic carbocycles. The predicted molar refractivity (Wildman–Crippen MR) is 162 cm³/mol. The molecule has 0 aliphatic heterocycles. The van der Waals surface area contributed by atoms with Gasteiger partial charge < -0.3 is 0 Å². The molecule has 36 heavy (non-hydrogen) atoms. The summed E-state index contributed by atoms with van der Waals surface area (Å²) in [7, 11) is 0. The van der Waals surface area contributed by atoms with Crippen molar-refractivity contribution < 1.29 is 24.2 Å². The van der Waals surface area contributed by atoms with Crippen LogP contribution in [0, 0.1) is 26.0 Å². The van der Waals surface area contributed by atoms with E-state index in [4.69, 9.17) is 0 Å². The molecule has 0 saturated heterocycles. The molecule has 0 N–H and O–H groups in total.